The Morgan fingerprint density at radius 3 is 2.80 bits per heavy atom. The lowest BCUT2D eigenvalue weighted by Crippen LogP contribution is -2.43. The molecule has 0 aromatic rings. The molecule has 0 aromatic carbocycles. The van der Waals surface area contributed by atoms with Crippen molar-refractivity contribution in [1.29, 1.82) is 0 Å². The van der Waals surface area contributed by atoms with Gasteiger partial charge in [-0.1, -0.05) is 6.58 Å². The summed E-state index contributed by atoms with van der Waals surface area (Å²) in [6.07, 6.45) is 0.782. The van der Waals surface area contributed by atoms with Crippen LogP contribution in [0.3, 0.4) is 0 Å². The average Bonchev–Trinajstić information content (AvgIpc) is 2.92. The van der Waals surface area contributed by atoms with Gasteiger partial charge in [-0.15, -0.1) is 0 Å². The zero-order chi connectivity index (χ0) is 14.3. The molecular formula is C15H20O5. The van der Waals surface area contributed by atoms with Gasteiger partial charge in [-0.25, -0.2) is 4.79 Å². The molecule has 4 aliphatic rings. The van der Waals surface area contributed by atoms with Crippen LogP contribution < -0.4 is 0 Å². The summed E-state index contributed by atoms with van der Waals surface area (Å²) in [5.41, 5.74) is -0.884. The number of hydrogen-bond donors (Lipinski definition) is 2. The van der Waals surface area contributed by atoms with Gasteiger partial charge in [-0.05, 0) is 25.7 Å². The molecule has 2 aliphatic carbocycles. The van der Waals surface area contributed by atoms with Crippen molar-refractivity contribution in [3.63, 3.8) is 0 Å². The van der Waals surface area contributed by atoms with E-state index in [1.165, 1.54) is 0 Å². The smallest absolute Gasteiger partial charge is 0.334 e. The summed E-state index contributed by atoms with van der Waals surface area (Å²) >= 11 is 0. The molecule has 0 amide bonds. The van der Waals surface area contributed by atoms with Crippen LogP contribution in [-0.4, -0.2) is 46.2 Å². The topological polar surface area (TPSA) is 79.3 Å². The minimum atomic E-state index is -0.962. The van der Waals surface area contributed by atoms with Crippen LogP contribution in [0.25, 0.3) is 0 Å². The second-order valence-electron chi connectivity index (χ2n) is 7.07. The molecule has 0 aromatic heterocycles. The third kappa shape index (κ3) is 1.46. The quantitative estimate of drug-likeness (QED) is 0.381. The molecule has 4 rings (SSSR count). The number of ether oxygens (including phenoxy) is 2. The van der Waals surface area contributed by atoms with Crippen LogP contribution in [0.15, 0.2) is 12.2 Å². The minimum absolute atomic E-state index is 0.00616. The third-order valence-corrected chi connectivity index (χ3v) is 5.89. The standard InChI is InChI=1S/C15H20O5/c1-7-10-9(16)5-14(2,18)8-3-4-15(6-19-15)11(8)12(10)20-13(7)17/h8-12,16,18H,1,3-6H2,2H3/t8-,9+,10-,11+,12-,14-,15+/m1/s1. The Bertz CT molecular complexity index is 492. The number of carbonyl (C=O) groups excluding carboxylic acids is 1. The van der Waals surface area contributed by atoms with Crippen LogP contribution in [0.5, 0.6) is 0 Å². The molecule has 7 atom stereocenters. The number of aliphatic hydroxyl groups is 2. The SMILES string of the molecule is C=C1C(=O)O[C@@H]2[C@H]1[C@@H](O)C[C@@](C)(O)[C@@H]1CC[C@]3(CO3)[C@H]21. The summed E-state index contributed by atoms with van der Waals surface area (Å²) in [5.74, 6) is -0.874. The highest BCUT2D eigenvalue weighted by Gasteiger charge is 2.69. The van der Waals surface area contributed by atoms with Crippen molar-refractivity contribution >= 4 is 5.97 Å². The van der Waals surface area contributed by atoms with Crippen molar-refractivity contribution in [2.24, 2.45) is 17.8 Å². The van der Waals surface area contributed by atoms with Gasteiger partial charge >= 0.3 is 5.97 Å². The average molecular weight is 280 g/mol. The molecule has 0 bridgehead atoms. The number of rotatable bonds is 0. The third-order valence-electron chi connectivity index (χ3n) is 5.89. The normalized spacial score (nSPS) is 57.2. The van der Waals surface area contributed by atoms with Crippen LogP contribution in [0.2, 0.25) is 0 Å². The number of aliphatic hydroxyl groups excluding tert-OH is 1. The Morgan fingerprint density at radius 1 is 1.45 bits per heavy atom. The molecule has 2 aliphatic heterocycles. The van der Waals surface area contributed by atoms with Crippen LogP contribution in [0.1, 0.15) is 26.2 Å². The van der Waals surface area contributed by atoms with Gasteiger partial charge in [0.1, 0.15) is 6.10 Å². The molecule has 1 spiro atoms. The lowest BCUT2D eigenvalue weighted by atomic mass is 9.76. The van der Waals surface area contributed by atoms with Gasteiger partial charge in [-0.3, -0.25) is 0 Å². The Kier molecular flexibility index (Phi) is 2.33. The summed E-state index contributed by atoms with van der Waals surface area (Å²) in [6, 6.07) is 0. The number of esters is 1. The van der Waals surface area contributed by atoms with Crippen LogP contribution in [-0.2, 0) is 14.3 Å². The van der Waals surface area contributed by atoms with E-state index in [1.54, 1.807) is 6.92 Å². The molecule has 4 fully saturated rings. The number of epoxide rings is 1. The molecule has 0 radical (unpaired) electrons. The van der Waals surface area contributed by atoms with Gasteiger partial charge in [0.15, 0.2) is 0 Å². The van der Waals surface area contributed by atoms with Crippen molar-refractivity contribution < 1.29 is 24.5 Å². The first-order valence-electron chi connectivity index (χ1n) is 7.30. The molecule has 20 heavy (non-hydrogen) atoms. The summed E-state index contributed by atoms with van der Waals surface area (Å²) in [6.45, 7) is 6.22. The van der Waals surface area contributed by atoms with Gasteiger partial charge in [0.2, 0.25) is 0 Å². The first-order valence-corrected chi connectivity index (χ1v) is 7.30. The van der Waals surface area contributed by atoms with Gasteiger partial charge < -0.3 is 19.7 Å². The monoisotopic (exact) mass is 280 g/mol. The number of fused-ring (bicyclic) bond motifs is 4. The van der Waals surface area contributed by atoms with E-state index in [9.17, 15) is 15.0 Å². The maximum absolute atomic E-state index is 11.8. The second-order valence-corrected chi connectivity index (χ2v) is 7.07. The van der Waals surface area contributed by atoms with E-state index in [4.69, 9.17) is 9.47 Å². The van der Waals surface area contributed by atoms with E-state index in [2.05, 4.69) is 6.58 Å². The van der Waals surface area contributed by atoms with Crippen molar-refractivity contribution in [1.82, 2.24) is 0 Å². The fourth-order valence-corrected chi connectivity index (χ4v) is 4.82. The molecule has 2 saturated heterocycles. The van der Waals surface area contributed by atoms with Gasteiger partial charge in [0, 0.05) is 17.9 Å². The van der Waals surface area contributed by atoms with E-state index < -0.39 is 29.7 Å². The van der Waals surface area contributed by atoms with Crippen molar-refractivity contribution in [3.05, 3.63) is 12.2 Å². The highest BCUT2D eigenvalue weighted by atomic mass is 16.6. The molecule has 110 valence electrons. The Labute approximate surface area is 117 Å². The molecule has 5 nitrogen and oxygen atoms in total. The van der Waals surface area contributed by atoms with Crippen molar-refractivity contribution in [2.45, 2.75) is 49.6 Å². The highest BCUT2D eigenvalue weighted by Crippen LogP contribution is 2.60. The van der Waals surface area contributed by atoms with Crippen LogP contribution in [0, 0.1) is 17.8 Å². The fourth-order valence-electron chi connectivity index (χ4n) is 4.82. The fraction of sp³-hybridized carbons (Fsp3) is 0.800. The maximum Gasteiger partial charge on any atom is 0.334 e. The van der Waals surface area contributed by atoms with Gasteiger partial charge in [-0.2, -0.15) is 0 Å². The van der Waals surface area contributed by atoms with Crippen molar-refractivity contribution in [3.8, 4) is 0 Å². The molecule has 2 heterocycles. The van der Waals surface area contributed by atoms with Crippen LogP contribution in [0.4, 0.5) is 0 Å². The second kappa shape index (κ2) is 3.64. The van der Waals surface area contributed by atoms with E-state index in [0.29, 0.717) is 12.2 Å². The minimum Gasteiger partial charge on any atom is -0.458 e. The molecular weight excluding hydrogens is 260 g/mol. The summed E-state index contributed by atoms with van der Waals surface area (Å²) in [4.78, 5) is 11.8. The molecule has 0 unspecified atom stereocenters. The van der Waals surface area contributed by atoms with Gasteiger partial charge in [0.25, 0.3) is 0 Å². The lowest BCUT2D eigenvalue weighted by molar-refractivity contribution is -0.144. The molecule has 2 N–H and O–H groups in total. The zero-order valence-corrected chi connectivity index (χ0v) is 11.5. The summed E-state index contributed by atoms with van der Waals surface area (Å²) in [5, 5.41) is 21.2. The first kappa shape index (κ1) is 12.8. The largest absolute Gasteiger partial charge is 0.458 e. The van der Waals surface area contributed by atoms with E-state index in [1.807, 2.05) is 0 Å². The Morgan fingerprint density at radius 2 is 2.15 bits per heavy atom. The van der Waals surface area contributed by atoms with Crippen molar-refractivity contribution in [2.75, 3.05) is 6.61 Å². The van der Waals surface area contributed by atoms with Crippen LogP contribution >= 0.6 is 0 Å². The maximum atomic E-state index is 11.8. The van der Waals surface area contributed by atoms with E-state index in [0.717, 1.165) is 12.8 Å². The zero-order valence-electron chi connectivity index (χ0n) is 11.5. The summed E-state index contributed by atoms with van der Waals surface area (Å²) in [7, 11) is 0. The molecule has 5 heteroatoms. The van der Waals surface area contributed by atoms with E-state index >= 15 is 0 Å². The summed E-state index contributed by atoms with van der Waals surface area (Å²) < 4.78 is 11.2. The lowest BCUT2D eigenvalue weighted by Gasteiger charge is -2.34. The first-order chi connectivity index (χ1) is 9.36. The van der Waals surface area contributed by atoms with Gasteiger partial charge in [0.05, 0.1) is 29.8 Å². The number of carbonyl (C=O) groups is 1. The highest BCUT2D eigenvalue weighted by molar-refractivity contribution is 5.91. The Hall–Kier alpha value is -0.910. The van der Waals surface area contributed by atoms with E-state index in [-0.39, 0.29) is 23.9 Å². The predicted octanol–water partition coefficient (Wildman–Crippen LogP) is 0.395. The number of hydrogen-bond acceptors (Lipinski definition) is 5. The Balaban J connectivity index is 1.81. The molecule has 2 saturated carbocycles. The predicted molar refractivity (Wildman–Crippen MR) is 68.7 cm³/mol.